The number of aromatic carboxylic acids is 1. The Balaban J connectivity index is 1.61. The number of carboxylic acid groups (broad SMARTS) is 1. The summed E-state index contributed by atoms with van der Waals surface area (Å²) >= 11 is 6.11. The molecule has 2 amide bonds. The Morgan fingerprint density at radius 2 is 2.12 bits per heavy atom. The zero-order valence-electron chi connectivity index (χ0n) is 12.9. The van der Waals surface area contributed by atoms with Gasteiger partial charge in [0, 0.05) is 6.54 Å². The van der Waals surface area contributed by atoms with Gasteiger partial charge in [0.2, 0.25) is 11.8 Å². The van der Waals surface area contributed by atoms with E-state index in [0.717, 1.165) is 10.9 Å². The van der Waals surface area contributed by atoms with Crippen molar-refractivity contribution in [3.8, 4) is 0 Å². The molecule has 1 aliphatic heterocycles. The number of carboxylic acids is 1. The lowest BCUT2D eigenvalue weighted by atomic mass is 10.2. The highest BCUT2D eigenvalue weighted by Gasteiger charge is 2.34. The van der Waals surface area contributed by atoms with Crippen LogP contribution in [0.3, 0.4) is 0 Å². The maximum atomic E-state index is 12.5. The number of carbonyl (C=O) groups is 3. The van der Waals surface area contributed by atoms with Gasteiger partial charge >= 0.3 is 5.97 Å². The summed E-state index contributed by atoms with van der Waals surface area (Å²) in [6, 6.07) is 6.33. The Bertz CT molecular complexity index is 837. The van der Waals surface area contributed by atoms with Gasteiger partial charge in [0.1, 0.15) is 12.6 Å². The lowest BCUT2D eigenvalue weighted by Gasteiger charge is -2.18. The summed E-state index contributed by atoms with van der Waals surface area (Å²) in [5.74, 6) is -1.93. The largest absolute Gasteiger partial charge is 0.476 e. The van der Waals surface area contributed by atoms with Gasteiger partial charge in [0.25, 0.3) is 0 Å². The second-order valence-electron chi connectivity index (χ2n) is 5.46. The lowest BCUT2D eigenvalue weighted by Crippen LogP contribution is -2.42. The number of hydrogen-bond donors (Lipinski definition) is 2. The first-order valence-corrected chi connectivity index (χ1v) is 7.82. The van der Waals surface area contributed by atoms with Crippen molar-refractivity contribution >= 4 is 35.1 Å². The Morgan fingerprint density at radius 1 is 1.36 bits per heavy atom. The Hall–Kier alpha value is -2.94. The van der Waals surface area contributed by atoms with Gasteiger partial charge in [-0.1, -0.05) is 28.9 Å². The minimum absolute atomic E-state index is 0.226. The van der Waals surface area contributed by atoms with E-state index in [2.05, 4.69) is 15.6 Å². The lowest BCUT2D eigenvalue weighted by molar-refractivity contribution is -0.127. The summed E-state index contributed by atoms with van der Waals surface area (Å²) in [4.78, 5) is 36.8. The molecule has 0 radical (unpaired) electrons. The van der Waals surface area contributed by atoms with Crippen LogP contribution in [0.15, 0.2) is 30.5 Å². The molecule has 1 atom stereocenters. The number of nitrogens with one attached hydrogen (secondary N) is 1. The average Bonchev–Trinajstić information content (AvgIpc) is 3.16. The Morgan fingerprint density at radius 3 is 2.80 bits per heavy atom. The molecule has 1 aliphatic rings. The topological polar surface area (TPSA) is 117 Å². The molecule has 3 rings (SSSR count). The zero-order valence-corrected chi connectivity index (χ0v) is 13.7. The van der Waals surface area contributed by atoms with Crippen molar-refractivity contribution in [1.82, 2.24) is 20.3 Å². The van der Waals surface area contributed by atoms with Crippen molar-refractivity contribution in [2.24, 2.45) is 0 Å². The number of benzene rings is 1. The summed E-state index contributed by atoms with van der Waals surface area (Å²) in [5, 5.41) is 18.8. The van der Waals surface area contributed by atoms with Crippen molar-refractivity contribution < 1.29 is 19.5 Å². The van der Waals surface area contributed by atoms with Crippen LogP contribution in [0.4, 0.5) is 5.69 Å². The average molecular weight is 364 g/mol. The quantitative estimate of drug-likeness (QED) is 0.801. The third kappa shape index (κ3) is 3.61. The molecule has 2 aromatic rings. The summed E-state index contributed by atoms with van der Waals surface area (Å²) in [7, 11) is 0. The van der Waals surface area contributed by atoms with E-state index in [1.165, 1.54) is 4.90 Å². The number of nitrogens with zero attached hydrogens (tertiary/aromatic N) is 4. The van der Waals surface area contributed by atoms with Crippen LogP contribution in [-0.4, -0.2) is 50.5 Å². The summed E-state index contributed by atoms with van der Waals surface area (Å²) < 4.78 is 1.10. The molecule has 0 spiro atoms. The fourth-order valence-electron chi connectivity index (χ4n) is 2.58. The summed E-state index contributed by atoms with van der Waals surface area (Å²) in [5.41, 5.74) is 0.350. The van der Waals surface area contributed by atoms with E-state index >= 15 is 0 Å². The van der Waals surface area contributed by atoms with Gasteiger partial charge in [0.15, 0.2) is 5.69 Å². The highest BCUT2D eigenvalue weighted by molar-refractivity contribution is 6.34. The number of hydrogen-bond acceptors (Lipinski definition) is 5. The fourth-order valence-corrected chi connectivity index (χ4v) is 2.82. The Kier molecular flexibility index (Phi) is 4.66. The molecule has 2 heterocycles. The van der Waals surface area contributed by atoms with Gasteiger partial charge in [-0.15, -0.1) is 5.10 Å². The van der Waals surface area contributed by atoms with Crippen LogP contribution in [-0.2, 0) is 16.1 Å². The van der Waals surface area contributed by atoms with E-state index in [4.69, 9.17) is 16.7 Å². The van der Waals surface area contributed by atoms with Gasteiger partial charge in [0.05, 0.1) is 16.9 Å². The van der Waals surface area contributed by atoms with Gasteiger partial charge in [-0.2, -0.15) is 0 Å². The van der Waals surface area contributed by atoms with Crippen LogP contribution in [0.1, 0.15) is 16.9 Å². The maximum absolute atomic E-state index is 12.5. The molecular weight excluding hydrogens is 350 g/mol. The second kappa shape index (κ2) is 6.89. The molecule has 25 heavy (non-hydrogen) atoms. The maximum Gasteiger partial charge on any atom is 0.358 e. The molecule has 1 aromatic heterocycles. The molecule has 1 unspecified atom stereocenters. The first-order valence-electron chi connectivity index (χ1n) is 7.44. The third-order valence-electron chi connectivity index (χ3n) is 3.75. The second-order valence-corrected chi connectivity index (χ2v) is 5.86. The minimum atomic E-state index is -1.23. The minimum Gasteiger partial charge on any atom is -0.476 e. The van der Waals surface area contributed by atoms with Gasteiger partial charge in [-0.3, -0.25) is 9.59 Å². The van der Waals surface area contributed by atoms with Gasteiger partial charge in [-0.05, 0) is 18.6 Å². The van der Waals surface area contributed by atoms with E-state index < -0.39 is 17.9 Å². The number of anilines is 1. The van der Waals surface area contributed by atoms with Crippen LogP contribution in [0.5, 0.6) is 0 Å². The van der Waals surface area contributed by atoms with Crippen molar-refractivity contribution in [1.29, 1.82) is 0 Å². The van der Waals surface area contributed by atoms with Crippen LogP contribution in [0.25, 0.3) is 0 Å². The van der Waals surface area contributed by atoms with E-state index in [9.17, 15) is 14.4 Å². The SMILES string of the molecule is O=C(Cn1cc(C(=O)O)nn1)NC1CCN(c2ccccc2Cl)C1=O. The first kappa shape index (κ1) is 16.9. The van der Waals surface area contributed by atoms with Crippen LogP contribution >= 0.6 is 11.6 Å². The molecule has 0 aliphatic carbocycles. The molecule has 1 saturated heterocycles. The smallest absolute Gasteiger partial charge is 0.358 e. The van der Waals surface area contributed by atoms with E-state index in [-0.39, 0.29) is 18.1 Å². The predicted molar refractivity (Wildman–Crippen MR) is 87.3 cm³/mol. The van der Waals surface area contributed by atoms with Crippen molar-refractivity contribution in [3.05, 3.63) is 41.2 Å². The Labute approximate surface area is 147 Å². The van der Waals surface area contributed by atoms with E-state index in [1.54, 1.807) is 24.3 Å². The molecule has 130 valence electrons. The molecule has 1 fully saturated rings. The molecule has 10 heteroatoms. The molecule has 2 N–H and O–H groups in total. The van der Waals surface area contributed by atoms with Crippen molar-refractivity contribution in [3.63, 3.8) is 0 Å². The molecule has 1 aromatic carbocycles. The third-order valence-corrected chi connectivity index (χ3v) is 4.07. The van der Waals surface area contributed by atoms with Crippen LogP contribution < -0.4 is 10.2 Å². The summed E-state index contributed by atoms with van der Waals surface area (Å²) in [6.07, 6.45) is 1.60. The zero-order chi connectivity index (χ0) is 18.0. The number of amides is 2. The fraction of sp³-hybridized carbons (Fsp3) is 0.267. The monoisotopic (exact) mass is 363 g/mol. The predicted octanol–water partition coefficient (Wildman–Crippen LogP) is 0.551. The van der Waals surface area contributed by atoms with Crippen LogP contribution in [0.2, 0.25) is 5.02 Å². The van der Waals surface area contributed by atoms with E-state index in [0.29, 0.717) is 23.7 Å². The van der Waals surface area contributed by atoms with Crippen molar-refractivity contribution in [2.45, 2.75) is 19.0 Å². The van der Waals surface area contributed by atoms with Gasteiger partial charge in [-0.25, -0.2) is 9.48 Å². The number of para-hydroxylation sites is 1. The summed E-state index contributed by atoms with van der Waals surface area (Å²) in [6.45, 7) is 0.218. The molecule has 0 bridgehead atoms. The number of rotatable bonds is 5. The standard InChI is InChI=1S/C15H14ClN5O4/c16-9-3-1-2-4-12(9)21-6-5-10(14(21)23)17-13(22)8-20-7-11(15(24)25)18-19-20/h1-4,7,10H,5-6,8H2,(H,17,22)(H,24,25). The molecule has 9 nitrogen and oxygen atoms in total. The highest BCUT2D eigenvalue weighted by atomic mass is 35.5. The highest BCUT2D eigenvalue weighted by Crippen LogP contribution is 2.28. The normalized spacial score (nSPS) is 16.9. The van der Waals surface area contributed by atoms with Gasteiger partial charge < -0.3 is 15.3 Å². The molecular formula is C15H14ClN5O4. The number of halogens is 1. The first-order chi connectivity index (χ1) is 12.0. The van der Waals surface area contributed by atoms with Crippen molar-refractivity contribution in [2.75, 3.05) is 11.4 Å². The van der Waals surface area contributed by atoms with E-state index in [1.807, 2.05) is 0 Å². The molecule has 0 saturated carbocycles. The number of carbonyl (C=O) groups excluding carboxylic acids is 2. The van der Waals surface area contributed by atoms with Crippen LogP contribution in [0, 0.1) is 0 Å². The number of aromatic nitrogens is 3.